The van der Waals surface area contributed by atoms with Crippen molar-refractivity contribution in [2.75, 3.05) is 26.3 Å². The minimum absolute atomic E-state index is 0.0514. The number of benzene rings is 2. The van der Waals surface area contributed by atoms with E-state index < -0.39 is 11.6 Å². The number of amides is 1. The van der Waals surface area contributed by atoms with Crippen molar-refractivity contribution in [3.63, 3.8) is 0 Å². The van der Waals surface area contributed by atoms with Crippen LogP contribution in [0.1, 0.15) is 67.4 Å². The average molecular weight is 538 g/mol. The lowest BCUT2D eigenvalue weighted by Gasteiger charge is -2.40. The van der Waals surface area contributed by atoms with Crippen LogP contribution in [0.5, 0.6) is 23.0 Å². The van der Waals surface area contributed by atoms with E-state index in [1.165, 1.54) is 0 Å². The van der Waals surface area contributed by atoms with Crippen LogP contribution in [0.2, 0.25) is 0 Å². The number of phenols is 1. The van der Waals surface area contributed by atoms with Crippen LogP contribution in [0.4, 0.5) is 0 Å². The first kappa shape index (κ1) is 28.3. The molecule has 2 aliphatic heterocycles. The van der Waals surface area contributed by atoms with Gasteiger partial charge in [-0.05, 0) is 55.9 Å². The molecule has 4 rings (SSSR count). The van der Waals surface area contributed by atoms with Gasteiger partial charge in [-0.2, -0.15) is 0 Å². The predicted octanol–water partition coefficient (Wildman–Crippen LogP) is 5.40. The second kappa shape index (κ2) is 12.5. The Hall–Kier alpha value is -3.68. The summed E-state index contributed by atoms with van der Waals surface area (Å²) in [6.07, 6.45) is 6.39. The van der Waals surface area contributed by atoms with Gasteiger partial charge < -0.3 is 29.3 Å². The van der Waals surface area contributed by atoms with E-state index in [2.05, 4.69) is 6.58 Å². The minimum Gasteiger partial charge on any atom is -0.507 e. The van der Waals surface area contributed by atoms with Gasteiger partial charge in [-0.15, -0.1) is 6.58 Å². The topological polar surface area (TPSA) is 106 Å². The molecule has 210 valence electrons. The van der Waals surface area contributed by atoms with E-state index in [0.29, 0.717) is 86.8 Å². The molecule has 2 aliphatic rings. The molecule has 1 fully saturated rings. The lowest BCUT2D eigenvalue weighted by atomic mass is 9.78. The summed E-state index contributed by atoms with van der Waals surface area (Å²) in [5, 5.41) is 20.8. The largest absolute Gasteiger partial charge is 0.507 e. The number of allylic oxidation sites excluding steroid dienone is 1. The highest BCUT2D eigenvalue weighted by Crippen LogP contribution is 2.41. The Labute approximate surface area is 230 Å². The number of likely N-dealkylation sites (tertiary alicyclic amines) is 1. The Kier molecular flexibility index (Phi) is 9.04. The maximum absolute atomic E-state index is 12.8. The summed E-state index contributed by atoms with van der Waals surface area (Å²) in [4.78, 5) is 26.7. The fourth-order valence-electron chi connectivity index (χ4n) is 5.50. The molecule has 2 atom stereocenters. The third-order valence-corrected chi connectivity index (χ3v) is 7.66. The van der Waals surface area contributed by atoms with Crippen LogP contribution in [-0.2, 0) is 17.6 Å². The number of ether oxygens (including phenoxy) is 3. The van der Waals surface area contributed by atoms with Gasteiger partial charge in [-0.25, -0.2) is 4.79 Å². The Morgan fingerprint density at radius 1 is 1.18 bits per heavy atom. The zero-order valence-electron chi connectivity index (χ0n) is 22.9. The lowest BCUT2D eigenvalue weighted by Crippen LogP contribution is -2.52. The number of aromatic hydroxyl groups is 1. The zero-order valence-corrected chi connectivity index (χ0v) is 22.9. The zero-order chi connectivity index (χ0) is 28.0. The fraction of sp³-hybridized carbons (Fsp3) is 0.484. The van der Waals surface area contributed by atoms with Gasteiger partial charge in [-0.3, -0.25) is 4.79 Å². The number of hydrogen-bond acceptors (Lipinski definition) is 6. The van der Waals surface area contributed by atoms with Gasteiger partial charge in [0.2, 0.25) is 5.60 Å². The van der Waals surface area contributed by atoms with Crippen molar-refractivity contribution < 1.29 is 34.0 Å². The van der Waals surface area contributed by atoms with Crippen molar-refractivity contribution in [3.05, 3.63) is 59.7 Å². The molecule has 2 aromatic carbocycles. The third-order valence-electron chi connectivity index (χ3n) is 7.66. The number of fused-ring (bicyclic) bond motifs is 1. The number of carboxylic acids is 1. The number of carbonyl (C=O) groups is 2. The number of carbonyl (C=O) groups excluding carboxylic acids is 1. The van der Waals surface area contributed by atoms with Crippen LogP contribution < -0.4 is 14.2 Å². The van der Waals surface area contributed by atoms with Crippen molar-refractivity contribution in [2.45, 2.75) is 64.4 Å². The summed E-state index contributed by atoms with van der Waals surface area (Å²) in [5.74, 6) is 0.409. The monoisotopic (exact) mass is 537 g/mol. The minimum atomic E-state index is -1.22. The molecule has 39 heavy (non-hydrogen) atoms. The molecule has 1 saturated heterocycles. The lowest BCUT2D eigenvalue weighted by molar-refractivity contribution is -0.162. The Morgan fingerprint density at radius 2 is 1.92 bits per heavy atom. The molecule has 2 N–H and O–H groups in total. The van der Waals surface area contributed by atoms with Gasteiger partial charge in [0.1, 0.15) is 23.0 Å². The van der Waals surface area contributed by atoms with E-state index in [9.17, 15) is 19.8 Å². The van der Waals surface area contributed by atoms with Crippen LogP contribution in [0.3, 0.4) is 0 Å². The molecular formula is C31H39NO7. The second-order valence-corrected chi connectivity index (χ2v) is 10.4. The van der Waals surface area contributed by atoms with Crippen LogP contribution in [-0.4, -0.2) is 58.9 Å². The first-order valence-corrected chi connectivity index (χ1v) is 13.9. The number of nitrogens with zero attached hydrogens (tertiary/aromatic N) is 1. The highest BCUT2D eigenvalue weighted by molar-refractivity contribution is 5.97. The summed E-state index contributed by atoms with van der Waals surface area (Å²) in [5.41, 5.74) is 0.593. The van der Waals surface area contributed by atoms with Crippen molar-refractivity contribution in [1.29, 1.82) is 0 Å². The number of carboxylic acid groups (broad SMARTS) is 1. The van der Waals surface area contributed by atoms with E-state index in [-0.39, 0.29) is 17.6 Å². The van der Waals surface area contributed by atoms with Gasteiger partial charge in [0.25, 0.3) is 5.91 Å². The van der Waals surface area contributed by atoms with Gasteiger partial charge in [-0.1, -0.05) is 32.4 Å². The SMILES string of the molecule is C=CCc1c(OCCCOc2ccc3c(c2)OC(CCC)(C(=O)O)C(C)C3)ccc(C(=O)N2CCCC2)c1O. The summed E-state index contributed by atoms with van der Waals surface area (Å²) >= 11 is 0. The quantitative estimate of drug-likeness (QED) is 0.276. The Balaban J connectivity index is 1.35. The van der Waals surface area contributed by atoms with Crippen molar-refractivity contribution >= 4 is 11.9 Å². The molecule has 0 aliphatic carbocycles. The molecular weight excluding hydrogens is 498 g/mol. The van der Waals surface area contributed by atoms with E-state index in [1.54, 1.807) is 29.2 Å². The highest BCUT2D eigenvalue weighted by Gasteiger charge is 2.48. The molecule has 1 amide bonds. The van der Waals surface area contributed by atoms with Gasteiger partial charge in [0, 0.05) is 37.1 Å². The third kappa shape index (κ3) is 6.00. The van der Waals surface area contributed by atoms with Crippen LogP contribution in [0.25, 0.3) is 0 Å². The average Bonchev–Trinajstić information content (AvgIpc) is 3.46. The van der Waals surface area contributed by atoms with Crippen molar-refractivity contribution in [2.24, 2.45) is 5.92 Å². The fourth-order valence-corrected chi connectivity index (χ4v) is 5.50. The summed E-state index contributed by atoms with van der Waals surface area (Å²) in [6, 6.07) is 8.93. The molecule has 8 heteroatoms. The van der Waals surface area contributed by atoms with Crippen LogP contribution >= 0.6 is 0 Å². The summed E-state index contributed by atoms with van der Waals surface area (Å²) in [7, 11) is 0. The first-order chi connectivity index (χ1) is 18.8. The maximum atomic E-state index is 12.8. The Morgan fingerprint density at radius 3 is 2.62 bits per heavy atom. The Bertz CT molecular complexity index is 1200. The van der Waals surface area contributed by atoms with Gasteiger partial charge >= 0.3 is 5.97 Å². The number of phenolic OH excluding ortho intramolecular Hbond substituents is 1. The van der Waals surface area contributed by atoms with Crippen molar-refractivity contribution in [1.82, 2.24) is 4.90 Å². The smallest absolute Gasteiger partial charge is 0.348 e. The molecule has 2 aromatic rings. The summed E-state index contributed by atoms with van der Waals surface area (Å²) < 4.78 is 18.0. The molecule has 0 radical (unpaired) electrons. The van der Waals surface area contributed by atoms with E-state index in [4.69, 9.17) is 14.2 Å². The molecule has 2 heterocycles. The number of rotatable bonds is 12. The van der Waals surface area contributed by atoms with E-state index >= 15 is 0 Å². The molecule has 0 spiro atoms. The normalized spacial score (nSPS) is 20.2. The van der Waals surface area contributed by atoms with Crippen molar-refractivity contribution in [3.8, 4) is 23.0 Å². The molecule has 0 aromatic heterocycles. The van der Waals surface area contributed by atoms with Gasteiger partial charge in [0.05, 0.1) is 18.8 Å². The van der Waals surface area contributed by atoms with E-state index in [1.807, 2.05) is 26.0 Å². The number of hydrogen-bond donors (Lipinski definition) is 2. The number of aliphatic carboxylic acids is 1. The summed E-state index contributed by atoms with van der Waals surface area (Å²) in [6.45, 7) is 9.81. The molecule has 8 nitrogen and oxygen atoms in total. The van der Waals surface area contributed by atoms with Gasteiger partial charge in [0.15, 0.2) is 0 Å². The predicted molar refractivity (Wildman–Crippen MR) is 148 cm³/mol. The van der Waals surface area contributed by atoms with Crippen LogP contribution in [0.15, 0.2) is 43.0 Å². The standard InChI is InChI=1S/C31H39NO7/c1-4-9-24-26(13-12-25(28(24)33)29(34)32-15-6-7-16-32)38-18-8-17-37-23-11-10-22-19-21(3)31(14-5-2,30(35)36)39-27(22)20-23/h4,10-13,20-21,33H,1,5-9,14-19H2,2-3H3,(H,35,36). The molecule has 2 unspecified atom stereocenters. The molecule has 0 bridgehead atoms. The molecule has 0 saturated carbocycles. The van der Waals surface area contributed by atoms with Crippen LogP contribution in [0, 0.1) is 5.92 Å². The van der Waals surface area contributed by atoms with E-state index in [0.717, 1.165) is 18.4 Å². The highest BCUT2D eigenvalue weighted by atomic mass is 16.5. The second-order valence-electron chi connectivity index (χ2n) is 10.4. The maximum Gasteiger partial charge on any atom is 0.348 e. The first-order valence-electron chi connectivity index (χ1n) is 13.9.